The summed E-state index contributed by atoms with van der Waals surface area (Å²) in [5.41, 5.74) is -2.56. The van der Waals surface area contributed by atoms with Crippen molar-refractivity contribution in [3.8, 4) is 0 Å². The van der Waals surface area contributed by atoms with Gasteiger partial charge in [0.25, 0.3) is 5.91 Å². The molecule has 0 aromatic carbocycles. The van der Waals surface area contributed by atoms with Gasteiger partial charge in [-0.15, -0.1) is 0 Å². The van der Waals surface area contributed by atoms with E-state index in [0.29, 0.717) is 5.17 Å². The van der Waals surface area contributed by atoms with E-state index in [1.165, 1.54) is 11.8 Å². The van der Waals surface area contributed by atoms with Crippen molar-refractivity contribution in [1.29, 1.82) is 0 Å². The van der Waals surface area contributed by atoms with Crippen LogP contribution in [0.1, 0.15) is 53.4 Å². The molecule has 0 radical (unpaired) electrons. The maximum atomic E-state index is 12.9. The van der Waals surface area contributed by atoms with Crippen molar-refractivity contribution in [1.82, 2.24) is 5.32 Å². The second kappa shape index (κ2) is 6.52. The Morgan fingerprint density at radius 1 is 1.29 bits per heavy atom. The van der Waals surface area contributed by atoms with Gasteiger partial charge in [0.15, 0.2) is 10.8 Å². The minimum absolute atomic E-state index is 0.0110. The Morgan fingerprint density at radius 2 is 1.83 bits per heavy atom. The number of nitrogens with one attached hydrogen (secondary N) is 1. The molecule has 1 aliphatic heterocycles. The molecule has 8 heteroatoms. The first-order valence-corrected chi connectivity index (χ1v) is 9.08. The number of hydrogen-bond donors (Lipinski definition) is 2. The number of hydrogen-bond acceptors (Lipinski definition) is 4. The molecular weight excluding hydrogens is 341 g/mol. The lowest BCUT2D eigenvalue weighted by Crippen LogP contribution is -2.50. The van der Waals surface area contributed by atoms with Gasteiger partial charge in [-0.05, 0) is 51.4 Å². The first kappa shape index (κ1) is 19.6. The molecule has 2 N–H and O–H groups in total. The monoisotopic (exact) mass is 366 g/mol. The molecule has 138 valence electrons. The molecular formula is C16H25F3N2O2S. The summed E-state index contributed by atoms with van der Waals surface area (Å²) in [5.74, 6) is -0.0333. The van der Waals surface area contributed by atoms with Gasteiger partial charge in [-0.2, -0.15) is 18.2 Å². The molecule has 1 amide bonds. The number of aliphatic imine (C=N–C) groups is 1. The van der Waals surface area contributed by atoms with Crippen LogP contribution in [-0.2, 0) is 4.79 Å². The van der Waals surface area contributed by atoms with Crippen molar-refractivity contribution in [2.75, 3.05) is 0 Å². The molecule has 1 heterocycles. The zero-order chi connectivity index (χ0) is 18.3. The largest absolute Gasteiger partial charge is 0.417 e. The van der Waals surface area contributed by atoms with Crippen LogP contribution in [-0.4, -0.2) is 38.7 Å². The number of aliphatic hydroxyl groups is 1. The Hall–Kier alpha value is -0.760. The highest BCUT2D eigenvalue weighted by atomic mass is 32.2. The van der Waals surface area contributed by atoms with Crippen molar-refractivity contribution < 1.29 is 23.1 Å². The third-order valence-corrected chi connectivity index (χ3v) is 6.95. The van der Waals surface area contributed by atoms with Gasteiger partial charge in [0.05, 0.1) is 0 Å². The Kier molecular flexibility index (Phi) is 5.31. The minimum atomic E-state index is -4.58. The van der Waals surface area contributed by atoms with Crippen LogP contribution < -0.4 is 5.32 Å². The molecule has 0 spiro atoms. The summed E-state index contributed by atoms with van der Waals surface area (Å²) in [4.78, 5) is 16.2. The van der Waals surface area contributed by atoms with Crippen molar-refractivity contribution in [3.05, 3.63) is 0 Å². The van der Waals surface area contributed by atoms with Crippen molar-refractivity contribution in [2.24, 2.45) is 16.8 Å². The van der Waals surface area contributed by atoms with Crippen LogP contribution in [0.3, 0.4) is 0 Å². The van der Waals surface area contributed by atoms with Gasteiger partial charge >= 0.3 is 6.18 Å². The van der Waals surface area contributed by atoms with Crippen LogP contribution in [0.15, 0.2) is 4.99 Å². The molecule has 24 heavy (non-hydrogen) atoms. The SMILES string of the molecule is CC(NC1=NC(=O)C(C)(C(C)C)S1)C1CCC(O)(C(F)(F)F)CC1. The predicted molar refractivity (Wildman–Crippen MR) is 88.8 cm³/mol. The van der Waals surface area contributed by atoms with Crippen LogP contribution in [0, 0.1) is 11.8 Å². The van der Waals surface area contributed by atoms with E-state index >= 15 is 0 Å². The van der Waals surface area contributed by atoms with E-state index in [0.717, 1.165) is 0 Å². The number of amides is 1. The number of carbonyl (C=O) groups excluding carboxylic acids is 1. The van der Waals surface area contributed by atoms with Gasteiger partial charge in [-0.25, -0.2) is 0 Å². The highest BCUT2D eigenvalue weighted by Crippen LogP contribution is 2.44. The van der Waals surface area contributed by atoms with Crippen LogP contribution in [0.5, 0.6) is 0 Å². The molecule has 2 rings (SSSR count). The molecule has 1 aliphatic carbocycles. The topological polar surface area (TPSA) is 61.7 Å². The maximum absolute atomic E-state index is 12.9. The van der Waals surface area contributed by atoms with Gasteiger partial charge in [0, 0.05) is 6.04 Å². The summed E-state index contributed by atoms with van der Waals surface area (Å²) in [6.45, 7) is 7.68. The van der Waals surface area contributed by atoms with Crippen LogP contribution in [0.25, 0.3) is 0 Å². The van der Waals surface area contributed by atoms with E-state index < -0.39 is 16.5 Å². The number of amidine groups is 1. The lowest BCUT2D eigenvalue weighted by molar-refractivity contribution is -0.272. The summed E-state index contributed by atoms with van der Waals surface area (Å²) in [7, 11) is 0. The van der Waals surface area contributed by atoms with Gasteiger partial charge in [0.1, 0.15) is 4.75 Å². The van der Waals surface area contributed by atoms with E-state index in [9.17, 15) is 23.1 Å². The second-order valence-electron chi connectivity index (χ2n) is 7.39. The van der Waals surface area contributed by atoms with Gasteiger partial charge < -0.3 is 10.4 Å². The molecule has 4 nitrogen and oxygen atoms in total. The second-order valence-corrected chi connectivity index (χ2v) is 8.82. The Balaban J connectivity index is 1.93. The molecule has 0 bridgehead atoms. The number of alkyl halides is 3. The minimum Gasteiger partial charge on any atom is -0.380 e. The van der Waals surface area contributed by atoms with Crippen LogP contribution in [0.4, 0.5) is 13.2 Å². The third kappa shape index (κ3) is 3.59. The Bertz CT molecular complexity index is 528. The van der Waals surface area contributed by atoms with Crippen molar-refractivity contribution >= 4 is 22.8 Å². The first-order valence-electron chi connectivity index (χ1n) is 8.27. The summed E-state index contributed by atoms with van der Waals surface area (Å²) < 4.78 is 38.0. The van der Waals surface area contributed by atoms with E-state index in [2.05, 4.69) is 10.3 Å². The molecule has 0 saturated heterocycles. The lowest BCUT2D eigenvalue weighted by Gasteiger charge is -2.39. The quantitative estimate of drug-likeness (QED) is 0.803. The van der Waals surface area contributed by atoms with Crippen molar-refractivity contribution in [3.63, 3.8) is 0 Å². The standard InChI is InChI=1S/C16H25F3N2O2S/c1-9(2)14(4)12(22)21-13(24-14)20-10(3)11-5-7-15(23,8-6-11)16(17,18)19/h9-11,23H,5-8H2,1-4H3,(H,20,21,22). The Labute approximate surface area is 144 Å². The Morgan fingerprint density at radius 3 is 2.25 bits per heavy atom. The summed E-state index contributed by atoms with van der Waals surface area (Å²) in [5, 5.41) is 13.5. The zero-order valence-electron chi connectivity index (χ0n) is 14.4. The normalized spacial score (nSPS) is 36.0. The lowest BCUT2D eigenvalue weighted by atomic mass is 9.76. The van der Waals surface area contributed by atoms with E-state index in [1.807, 2.05) is 27.7 Å². The number of thioether (sulfide) groups is 1. The molecule has 2 unspecified atom stereocenters. The van der Waals surface area contributed by atoms with Crippen LogP contribution >= 0.6 is 11.8 Å². The maximum Gasteiger partial charge on any atom is 0.417 e. The average Bonchev–Trinajstić information content (AvgIpc) is 2.74. The van der Waals surface area contributed by atoms with E-state index in [-0.39, 0.29) is 49.5 Å². The van der Waals surface area contributed by atoms with E-state index in [1.54, 1.807) is 0 Å². The van der Waals surface area contributed by atoms with Gasteiger partial charge in [-0.3, -0.25) is 4.79 Å². The highest BCUT2D eigenvalue weighted by Gasteiger charge is 2.55. The number of carbonyl (C=O) groups is 1. The first-order chi connectivity index (χ1) is 10.9. The number of rotatable bonds is 3. The fraction of sp³-hybridized carbons (Fsp3) is 0.875. The molecule has 1 saturated carbocycles. The molecule has 0 aromatic heterocycles. The van der Waals surface area contributed by atoms with Crippen molar-refractivity contribution in [2.45, 2.75) is 75.9 Å². The number of halogens is 3. The fourth-order valence-electron chi connectivity index (χ4n) is 3.11. The molecule has 0 aromatic rings. The third-order valence-electron chi connectivity index (χ3n) is 5.48. The predicted octanol–water partition coefficient (Wildman–Crippen LogP) is 3.49. The summed E-state index contributed by atoms with van der Waals surface area (Å²) >= 11 is 1.39. The summed E-state index contributed by atoms with van der Waals surface area (Å²) in [6, 6.07) is -0.101. The molecule has 2 aliphatic rings. The van der Waals surface area contributed by atoms with Gasteiger partial charge in [-0.1, -0.05) is 25.6 Å². The zero-order valence-corrected chi connectivity index (χ0v) is 15.2. The fourth-order valence-corrected chi connectivity index (χ4v) is 4.25. The number of nitrogens with zero attached hydrogens (tertiary/aromatic N) is 1. The molecule has 2 atom stereocenters. The summed E-state index contributed by atoms with van der Waals surface area (Å²) in [6.07, 6.45) is -4.56. The van der Waals surface area contributed by atoms with Gasteiger partial charge in [0.2, 0.25) is 0 Å². The molecule has 1 fully saturated rings. The van der Waals surface area contributed by atoms with E-state index in [4.69, 9.17) is 0 Å². The highest BCUT2D eigenvalue weighted by molar-refractivity contribution is 8.16. The smallest absolute Gasteiger partial charge is 0.380 e. The van der Waals surface area contributed by atoms with Crippen LogP contribution in [0.2, 0.25) is 0 Å². The average molecular weight is 366 g/mol.